The maximum atomic E-state index is 11.9. The van der Waals surface area contributed by atoms with Crippen LogP contribution in [0, 0.1) is 10.8 Å². The van der Waals surface area contributed by atoms with Crippen molar-refractivity contribution in [3.05, 3.63) is 0 Å². The first-order valence-electron chi connectivity index (χ1n) is 6.28. The SMILES string of the molecule is CC(C)(C)CCOP(C)(=O)OCCC(C)(C)C. The second-order valence-electron chi connectivity index (χ2n) is 7.06. The molecule has 0 aromatic rings. The molecular formula is C13H29O3P. The molecule has 0 saturated heterocycles. The topological polar surface area (TPSA) is 35.5 Å². The van der Waals surface area contributed by atoms with Crippen molar-refractivity contribution in [3.63, 3.8) is 0 Å². The highest BCUT2D eigenvalue weighted by atomic mass is 31.2. The molecule has 0 bridgehead atoms. The summed E-state index contributed by atoms with van der Waals surface area (Å²) in [4.78, 5) is 0. The highest BCUT2D eigenvalue weighted by Crippen LogP contribution is 2.45. The van der Waals surface area contributed by atoms with Crippen LogP contribution in [0.25, 0.3) is 0 Å². The summed E-state index contributed by atoms with van der Waals surface area (Å²) in [6.45, 7) is 15.4. The standard InChI is InChI=1S/C13H29O3P/c1-12(2,3)8-10-15-17(7,14)16-11-9-13(4,5)6/h8-11H2,1-7H3. The molecular weight excluding hydrogens is 235 g/mol. The monoisotopic (exact) mass is 264 g/mol. The predicted molar refractivity (Wildman–Crippen MR) is 73.6 cm³/mol. The van der Waals surface area contributed by atoms with Gasteiger partial charge in [0.25, 0.3) is 0 Å². The smallest absolute Gasteiger partial charge is 0.309 e. The molecule has 0 aliphatic rings. The summed E-state index contributed by atoms with van der Waals surface area (Å²) in [6, 6.07) is 0. The van der Waals surface area contributed by atoms with E-state index in [0.717, 1.165) is 12.8 Å². The van der Waals surface area contributed by atoms with Crippen LogP contribution in [0.5, 0.6) is 0 Å². The molecule has 0 N–H and O–H groups in total. The van der Waals surface area contributed by atoms with Gasteiger partial charge in [-0.15, -0.1) is 0 Å². The van der Waals surface area contributed by atoms with E-state index in [1.807, 2.05) is 0 Å². The quantitative estimate of drug-likeness (QED) is 0.651. The minimum absolute atomic E-state index is 0.200. The van der Waals surface area contributed by atoms with Gasteiger partial charge in [-0.3, -0.25) is 4.57 Å². The van der Waals surface area contributed by atoms with Crippen LogP contribution in [0.2, 0.25) is 0 Å². The summed E-state index contributed by atoms with van der Waals surface area (Å²) < 4.78 is 22.6. The van der Waals surface area contributed by atoms with Gasteiger partial charge in [0, 0.05) is 6.66 Å². The number of rotatable bonds is 6. The molecule has 0 radical (unpaired) electrons. The third kappa shape index (κ3) is 12.4. The minimum Gasteiger partial charge on any atom is -0.309 e. The van der Waals surface area contributed by atoms with E-state index in [0.29, 0.717) is 13.2 Å². The Labute approximate surface area is 107 Å². The van der Waals surface area contributed by atoms with Crippen LogP contribution in [0.1, 0.15) is 54.4 Å². The van der Waals surface area contributed by atoms with Crippen LogP contribution in [0.15, 0.2) is 0 Å². The Morgan fingerprint density at radius 3 is 1.35 bits per heavy atom. The van der Waals surface area contributed by atoms with Crippen molar-refractivity contribution in [2.24, 2.45) is 10.8 Å². The fourth-order valence-electron chi connectivity index (χ4n) is 1.07. The van der Waals surface area contributed by atoms with Crippen LogP contribution in [0.3, 0.4) is 0 Å². The largest absolute Gasteiger partial charge is 0.327 e. The molecule has 0 amide bonds. The van der Waals surface area contributed by atoms with Crippen LogP contribution in [0.4, 0.5) is 0 Å². The van der Waals surface area contributed by atoms with Gasteiger partial charge >= 0.3 is 7.60 Å². The van der Waals surface area contributed by atoms with Crippen LogP contribution >= 0.6 is 7.60 Å². The third-order valence-electron chi connectivity index (χ3n) is 2.36. The van der Waals surface area contributed by atoms with Gasteiger partial charge in [-0.1, -0.05) is 41.5 Å². The summed E-state index contributed by atoms with van der Waals surface area (Å²) in [5.41, 5.74) is 0.400. The van der Waals surface area contributed by atoms with Crippen molar-refractivity contribution in [2.75, 3.05) is 19.9 Å². The highest BCUT2D eigenvalue weighted by Gasteiger charge is 2.20. The summed E-state index contributed by atoms with van der Waals surface area (Å²) >= 11 is 0. The number of hydrogen-bond donors (Lipinski definition) is 0. The molecule has 0 aromatic carbocycles. The Hall–Kier alpha value is 0.150. The zero-order chi connectivity index (χ0) is 13.7. The molecule has 0 unspecified atom stereocenters. The van der Waals surface area contributed by atoms with Crippen LogP contribution in [-0.2, 0) is 13.6 Å². The molecule has 4 heteroatoms. The Bertz CT molecular complexity index is 237. The lowest BCUT2D eigenvalue weighted by atomic mass is 9.93. The van der Waals surface area contributed by atoms with E-state index in [4.69, 9.17) is 9.05 Å². The normalized spacial score (nSPS) is 14.1. The van der Waals surface area contributed by atoms with Gasteiger partial charge in [0.15, 0.2) is 0 Å². The zero-order valence-corrected chi connectivity index (χ0v) is 13.4. The van der Waals surface area contributed by atoms with Gasteiger partial charge in [0.2, 0.25) is 0 Å². The highest BCUT2D eigenvalue weighted by molar-refractivity contribution is 7.52. The maximum absolute atomic E-state index is 11.9. The first-order valence-corrected chi connectivity index (χ1v) is 8.27. The van der Waals surface area contributed by atoms with Crippen molar-refractivity contribution in [3.8, 4) is 0 Å². The first kappa shape index (κ1) is 17.2. The lowest BCUT2D eigenvalue weighted by molar-refractivity contribution is 0.169. The lowest BCUT2D eigenvalue weighted by Crippen LogP contribution is -2.11. The Kier molecular flexibility index (Phi) is 6.41. The summed E-state index contributed by atoms with van der Waals surface area (Å²) in [5, 5.41) is 0. The molecule has 0 fully saturated rings. The molecule has 0 aliphatic carbocycles. The molecule has 104 valence electrons. The first-order chi connectivity index (χ1) is 7.41. The van der Waals surface area contributed by atoms with Gasteiger partial charge in [0.1, 0.15) is 0 Å². The summed E-state index contributed by atoms with van der Waals surface area (Å²) in [7, 11) is -2.86. The molecule has 0 aromatic heterocycles. The van der Waals surface area contributed by atoms with E-state index in [9.17, 15) is 4.57 Å². The van der Waals surface area contributed by atoms with Gasteiger partial charge in [-0.2, -0.15) is 0 Å². The van der Waals surface area contributed by atoms with Crippen LogP contribution < -0.4 is 0 Å². The lowest BCUT2D eigenvalue weighted by Gasteiger charge is -2.22. The third-order valence-corrected chi connectivity index (χ3v) is 3.66. The summed E-state index contributed by atoms with van der Waals surface area (Å²) in [6.07, 6.45) is 1.76. The van der Waals surface area contributed by atoms with Crippen molar-refractivity contribution in [1.82, 2.24) is 0 Å². The van der Waals surface area contributed by atoms with Gasteiger partial charge in [0.05, 0.1) is 13.2 Å². The average molecular weight is 264 g/mol. The minimum atomic E-state index is -2.86. The fourth-order valence-corrected chi connectivity index (χ4v) is 1.99. The van der Waals surface area contributed by atoms with Gasteiger partial charge in [-0.05, 0) is 23.7 Å². The van der Waals surface area contributed by atoms with E-state index in [-0.39, 0.29) is 10.8 Å². The van der Waals surface area contributed by atoms with Gasteiger partial charge < -0.3 is 9.05 Å². The van der Waals surface area contributed by atoms with Crippen molar-refractivity contribution < 1.29 is 13.6 Å². The van der Waals surface area contributed by atoms with Crippen LogP contribution in [-0.4, -0.2) is 19.9 Å². The number of hydrogen-bond acceptors (Lipinski definition) is 3. The van der Waals surface area contributed by atoms with E-state index < -0.39 is 7.60 Å². The van der Waals surface area contributed by atoms with E-state index in [2.05, 4.69) is 41.5 Å². The Balaban J connectivity index is 3.85. The molecule has 0 saturated carbocycles. The Morgan fingerprint density at radius 1 is 0.824 bits per heavy atom. The molecule has 3 nitrogen and oxygen atoms in total. The van der Waals surface area contributed by atoms with E-state index in [1.54, 1.807) is 6.66 Å². The zero-order valence-electron chi connectivity index (χ0n) is 12.5. The van der Waals surface area contributed by atoms with Gasteiger partial charge in [-0.25, -0.2) is 0 Å². The van der Waals surface area contributed by atoms with Crippen molar-refractivity contribution >= 4 is 7.60 Å². The second kappa shape index (κ2) is 6.36. The molecule has 0 heterocycles. The van der Waals surface area contributed by atoms with Crippen molar-refractivity contribution in [2.45, 2.75) is 54.4 Å². The van der Waals surface area contributed by atoms with E-state index in [1.165, 1.54) is 0 Å². The Morgan fingerprint density at radius 2 is 1.12 bits per heavy atom. The molecule has 0 rings (SSSR count). The summed E-state index contributed by atoms with van der Waals surface area (Å²) in [5.74, 6) is 0. The predicted octanol–water partition coefficient (Wildman–Crippen LogP) is 4.71. The fraction of sp³-hybridized carbons (Fsp3) is 1.00. The van der Waals surface area contributed by atoms with E-state index >= 15 is 0 Å². The molecule has 0 atom stereocenters. The van der Waals surface area contributed by atoms with Crippen molar-refractivity contribution in [1.29, 1.82) is 0 Å². The molecule has 0 spiro atoms. The second-order valence-corrected chi connectivity index (χ2v) is 9.12. The average Bonchev–Trinajstić information content (AvgIpc) is 1.96. The molecule has 0 aliphatic heterocycles. The maximum Gasteiger partial charge on any atom is 0.327 e. The molecule has 17 heavy (non-hydrogen) atoms.